The Morgan fingerprint density at radius 1 is 1.47 bits per heavy atom. The Labute approximate surface area is 107 Å². The number of aryl methyl sites for hydroxylation is 1. The van der Waals surface area contributed by atoms with Crippen LogP contribution in [-0.2, 0) is 11.2 Å². The van der Waals surface area contributed by atoms with Crippen molar-refractivity contribution in [3.8, 4) is 0 Å². The van der Waals surface area contributed by atoms with E-state index in [1.807, 2.05) is 12.1 Å². The van der Waals surface area contributed by atoms with Crippen LogP contribution in [0, 0.1) is 0 Å². The zero-order valence-corrected chi connectivity index (χ0v) is 10.6. The third kappa shape index (κ3) is 3.71. The number of hydrogen-bond acceptors (Lipinski definition) is 3. The van der Waals surface area contributed by atoms with Crippen molar-refractivity contribution < 1.29 is 9.21 Å². The van der Waals surface area contributed by atoms with E-state index in [2.05, 4.69) is 26.2 Å². The third-order valence-corrected chi connectivity index (χ3v) is 2.66. The quantitative estimate of drug-likeness (QED) is 0.943. The van der Waals surface area contributed by atoms with Crippen LogP contribution in [0.2, 0.25) is 0 Å². The molecule has 5 heteroatoms. The van der Waals surface area contributed by atoms with Gasteiger partial charge in [-0.1, -0.05) is 15.9 Å². The molecule has 0 radical (unpaired) electrons. The van der Waals surface area contributed by atoms with E-state index in [4.69, 9.17) is 4.42 Å². The summed E-state index contributed by atoms with van der Waals surface area (Å²) in [7, 11) is 0. The van der Waals surface area contributed by atoms with E-state index < -0.39 is 0 Å². The van der Waals surface area contributed by atoms with Gasteiger partial charge in [-0.3, -0.25) is 4.79 Å². The molecule has 0 saturated carbocycles. The zero-order chi connectivity index (χ0) is 12.1. The number of hydrogen-bond donors (Lipinski definition) is 1. The highest BCUT2D eigenvalue weighted by Gasteiger charge is 2.05. The highest BCUT2D eigenvalue weighted by atomic mass is 79.9. The van der Waals surface area contributed by atoms with Gasteiger partial charge in [0.2, 0.25) is 5.91 Å². The van der Waals surface area contributed by atoms with Gasteiger partial charge in [0.1, 0.15) is 11.6 Å². The summed E-state index contributed by atoms with van der Waals surface area (Å²) in [4.78, 5) is 15.7. The third-order valence-electron chi connectivity index (χ3n) is 2.17. The molecule has 0 saturated heterocycles. The van der Waals surface area contributed by atoms with Gasteiger partial charge in [0.25, 0.3) is 0 Å². The van der Waals surface area contributed by atoms with E-state index in [0.29, 0.717) is 18.7 Å². The number of aromatic nitrogens is 1. The molecule has 4 nitrogen and oxygen atoms in total. The van der Waals surface area contributed by atoms with Gasteiger partial charge in [-0.15, -0.1) is 0 Å². The summed E-state index contributed by atoms with van der Waals surface area (Å²) in [5, 5.41) is 2.72. The molecular weight excluding hydrogens is 284 g/mol. The maximum absolute atomic E-state index is 11.6. The molecule has 88 valence electrons. The molecule has 17 heavy (non-hydrogen) atoms. The molecule has 1 amide bonds. The fourth-order valence-corrected chi connectivity index (χ4v) is 1.71. The van der Waals surface area contributed by atoms with Crippen molar-refractivity contribution in [1.29, 1.82) is 0 Å². The first-order valence-electron chi connectivity index (χ1n) is 5.18. The minimum atomic E-state index is -0.0769. The maximum atomic E-state index is 11.6. The number of anilines is 1. The van der Waals surface area contributed by atoms with Crippen LogP contribution in [0.15, 0.2) is 45.6 Å². The summed E-state index contributed by atoms with van der Waals surface area (Å²) in [5.41, 5.74) is 0. The van der Waals surface area contributed by atoms with Crippen LogP contribution < -0.4 is 5.32 Å². The molecule has 0 aliphatic heterocycles. The van der Waals surface area contributed by atoms with E-state index in [-0.39, 0.29) is 5.91 Å². The summed E-state index contributed by atoms with van der Waals surface area (Å²) in [5.74, 6) is 1.28. The van der Waals surface area contributed by atoms with Gasteiger partial charge in [-0.25, -0.2) is 4.98 Å². The molecule has 0 aliphatic carbocycles. The second kappa shape index (κ2) is 5.63. The van der Waals surface area contributed by atoms with Gasteiger partial charge < -0.3 is 9.73 Å². The predicted molar refractivity (Wildman–Crippen MR) is 67.6 cm³/mol. The number of pyridine rings is 1. The zero-order valence-electron chi connectivity index (χ0n) is 9.02. The van der Waals surface area contributed by atoms with E-state index in [1.165, 1.54) is 0 Å². The highest BCUT2D eigenvalue weighted by Crippen LogP contribution is 2.13. The van der Waals surface area contributed by atoms with Crippen LogP contribution >= 0.6 is 15.9 Å². The average Bonchev–Trinajstić information content (AvgIpc) is 2.79. The number of amides is 1. The fourth-order valence-electron chi connectivity index (χ4n) is 1.37. The molecule has 1 N–H and O–H groups in total. The molecule has 0 fully saturated rings. The first-order chi connectivity index (χ1) is 8.24. The van der Waals surface area contributed by atoms with Gasteiger partial charge in [0.05, 0.1) is 6.26 Å². The van der Waals surface area contributed by atoms with Crippen molar-refractivity contribution in [1.82, 2.24) is 4.98 Å². The summed E-state index contributed by atoms with van der Waals surface area (Å²) in [6, 6.07) is 7.22. The van der Waals surface area contributed by atoms with E-state index in [9.17, 15) is 4.79 Å². The van der Waals surface area contributed by atoms with Crippen molar-refractivity contribution in [3.05, 3.63) is 47.0 Å². The number of nitrogens with zero attached hydrogens (tertiary/aromatic N) is 1. The largest absolute Gasteiger partial charge is 0.469 e. The summed E-state index contributed by atoms with van der Waals surface area (Å²) < 4.78 is 6.03. The first kappa shape index (κ1) is 11.9. The standard InChI is InChI=1S/C12H11BrN2O2/c13-9-5-6-14-11(8-9)15-12(16)4-3-10-2-1-7-17-10/h1-2,5-8H,3-4H2,(H,14,15,16). The van der Waals surface area contributed by atoms with Crippen molar-refractivity contribution in [2.24, 2.45) is 0 Å². The SMILES string of the molecule is O=C(CCc1ccco1)Nc1cc(Br)ccn1. The molecule has 0 atom stereocenters. The molecule has 0 spiro atoms. The normalized spacial score (nSPS) is 10.2. The number of nitrogens with one attached hydrogen (secondary N) is 1. The topological polar surface area (TPSA) is 55.1 Å². The van der Waals surface area contributed by atoms with E-state index in [1.54, 1.807) is 24.6 Å². The smallest absolute Gasteiger partial charge is 0.225 e. The number of carbonyl (C=O) groups is 1. The summed E-state index contributed by atoms with van der Waals surface area (Å²) in [6.07, 6.45) is 4.20. The van der Waals surface area contributed by atoms with Crippen molar-refractivity contribution in [2.75, 3.05) is 5.32 Å². The van der Waals surface area contributed by atoms with Crippen LogP contribution in [0.5, 0.6) is 0 Å². The first-order valence-corrected chi connectivity index (χ1v) is 5.97. The lowest BCUT2D eigenvalue weighted by Crippen LogP contribution is -2.13. The minimum absolute atomic E-state index is 0.0769. The Morgan fingerprint density at radius 2 is 2.35 bits per heavy atom. The minimum Gasteiger partial charge on any atom is -0.469 e. The Bertz CT molecular complexity index is 497. The fraction of sp³-hybridized carbons (Fsp3) is 0.167. The monoisotopic (exact) mass is 294 g/mol. The second-order valence-corrected chi connectivity index (χ2v) is 4.40. The summed E-state index contributed by atoms with van der Waals surface area (Å²) in [6.45, 7) is 0. The van der Waals surface area contributed by atoms with Gasteiger partial charge in [-0.05, 0) is 24.3 Å². The summed E-state index contributed by atoms with van der Waals surface area (Å²) >= 11 is 3.32. The number of halogens is 1. The Morgan fingerprint density at radius 3 is 3.06 bits per heavy atom. The lowest BCUT2D eigenvalue weighted by molar-refractivity contribution is -0.116. The molecular formula is C12H11BrN2O2. The second-order valence-electron chi connectivity index (χ2n) is 3.49. The molecule has 2 heterocycles. The molecule has 0 unspecified atom stereocenters. The predicted octanol–water partition coefficient (Wildman–Crippen LogP) is 3.01. The lowest BCUT2D eigenvalue weighted by atomic mass is 10.2. The number of furan rings is 1. The van der Waals surface area contributed by atoms with E-state index >= 15 is 0 Å². The van der Waals surface area contributed by atoms with Crippen molar-refractivity contribution in [3.63, 3.8) is 0 Å². The van der Waals surface area contributed by atoms with Crippen molar-refractivity contribution in [2.45, 2.75) is 12.8 Å². The van der Waals surface area contributed by atoms with Crippen LogP contribution in [0.3, 0.4) is 0 Å². The lowest BCUT2D eigenvalue weighted by Gasteiger charge is -2.03. The Hall–Kier alpha value is -1.62. The number of rotatable bonds is 4. The van der Waals surface area contributed by atoms with Gasteiger partial charge in [-0.2, -0.15) is 0 Å². The number of carbonyl (C=O) groups excluding carboxylic acids is 1. The van der Waals surface area contributed by atoms with Gasteiger partial charge in [0, 0.05) is 23.5 Å². The van der Waals surface area contributed by atoms with Crippen molar-refractivity contribution >= 4 is 27.7 Å². The molecule has 0 bridgehead atoms. The maximum Gasteiger partial charge on any atom is 0.225 e. The molecule has 2 aromatic heterocycles. The van der Waals surface area contributed by atoms with Crippen LogP contribution in [0.25, 0.3) is 0 Å². The molecule has 0 aromatic carbocycles. The van der Waals surface area contributed by atoms with Gasteiger partial charge >= 0.3 is 0 Å². The molecule has 2 rings (SSSR count). The highest BCUT2D eigenvalue weighted by molar-refractivity contribution is 9.10. The molecule has 2 aromatic rings. The Balaban J connectivity index is 1.85. The molecule has 0 aliphatic rings. The van der Waals surface area contributed by atoms with Crippen LogP contribution in [0.1, 0.15) is 12.2 Å². The van der Waals surface area contributed by atoms with Gasteiger partial charge in [0.15, 0.2) is 0 Å². The van der Waals surface area contributed by atoms with Crippen LogP contribution in [-0.4, -0.2) is 10.9 Å². The van der Waals surface area contributed by atoms with E-state index in [0.717, 1.165) is 10.2 Å². The van der Waals surface area contributed by atoms with Crippen LogP contribution in [0.4, 0.5) is 5.82 Å². The Kier molecular flexibility index (Phi) is 3.93. The average molecular weight is 295 g/mol.